The Hall–Kier alpha value is -2.34. The van der Waals surface area contributed by atoms with Gasteiger partial charge >= 0.3 is 6.18 Å². The Morgan fingerprint density at radius 3 is 2.48 bits per heavy atom. The van der Waals surface area contributed by atoms with E-state index >= 15 is 0 Å². The fourth-order valence-electron chi connectivity index (χ4n) is 2.52. The van der Waals surface area contributed by atoms with Crippen molar-refractivity contribution in [3.8, 4) is 11.3 Å². The van der Waals surface area contributed by atoms with E-state index in [0.717, 1.165) is 12.1 Å². The number of alkyl halides is 3. The summed E-state index contributed by atoms with van der Waals surface area (Å²) < 4.78 is 53.5. The molecule has 0 atom stereocenters. The van der Waals surface area contributed by atoms with Crippen LogP contribution in [-0.4, -0.2) is 11.3 Å². The molecule has 0 amide bonds. The summed E-state index contributed by atoms with van der Waals surface area (Å²) in [4.78, 5) is 14.0. The van der Waals surface area contributed by atoms with E-state index in [1.165, 1.54) is 24.3 Å². The summed E-state index contributed by atoms with van der Waals surface area (Å²) in [5, 5.41) is 0.185. The number of nitrogens with one attached hydrogen (secondary N) is 1. The van der Waals surface area contributed by atoms with E-state index in [4.69, 9.17) is 11.6 Å². The van der Waals surface area contributed by atoms with Gasteiger partial charge in [-0.3, -0.25) is 4.79 Å². The first-order valence-corrected chi connectivity index (χ1v) is 6.83. The van der Waals surface area contributed by atoms with Gasteiger partial charge in [-0.2, -0.15) is 13.2 Å². The highest BCUT2D eigenvalue weighted by Crippen LogP contribution is 2.39. The second-order valence-electron chi connectivity index (χ2n) is 4.89. The third kappa shape index (κ3) is 2.59. The van der Waals surface area contributed by atoms with Gasteiger partial charge in [0, 0.05) is 21.5 Å². The van der Waals surface area contributed by atoms with Crippen molar-refractivity contribution in [3.63, 3.8) is 0 Å². The molecule has 2 nitrogen and oxygen atoms in total. The standard InChI is InChI=1S/C16H8ClF4NO/c17-8-5-10-11(7-23)14(22-15(10)13(18)6-8)9-3-1-2-4-12(9)16(19,20)21/h1-7,22H. The number of hydrogen-bond donors (Lipinski definition) is 1. The molecule has 0 aliphatic heterocycles. The van der Waals surface area contributed by atoms with Crippen LogP contribution in [0.25, 0.3) is 22.2 Å². The van der Waals surface area contributed by atoms with Crippen LogP contribution in [0.1, 0.15) is 15.9 Å². The van der Waals surface area contributed by atoms with E-state index in [1.807, 2.05) is 0 Å². The topological polar surface area (TPSA) is 32.9 Å². The molecule has 0 bridgehead atoms. The summed E-state index contributed by atoms with van der Waals surface area (Å²) >= 11 is 5.76. The average molecular weight is 342 g/mol. The van der Waals surface area contributed by atoms with Crippen LogP contribution in [0.3, 0.4) is 0 Å². The summed E-state index contributed by atoms with van der Waals surface area (Å²) in [7, 11) is 0. The summed E-state index contributed by atoms with van der Waals surface area (Å²) in [6, 6.07) is 7.13. The molecule has 1 aromatic heterocycles. The van der Waals surface area contributed by atoms with Gasteiger partial charge in [0.25, 0.3) is 0 Å². The summed E-state index contributed by atoms with van der Waals surface area (Å²) in [5.41, 5.74) is -1.37. The third-order valence-corrected chi connectivity index (χ3v) is 3.70. The van der Waals surface area contributed by atoms with Crippen LogP contribution in [0.15, 0.2) is 36.4 Å². The minimum atomic E-state index is -4.61. The Kier molecular flexibility index (Phi) is 3.64. The maximum Gasteiger partial charge on any atom is 0.417 e. The second-order valence-corrected chi connectivity index (χ2v) is 5.32. The van der Waals surface area contributed by atoms with Gasteiger partial charge in [-0.15, -0.1) is 0 Å². The van der Waals surface area contributed by atoms with E-state index < -0.39 is 17.6 Å². The zero-order valence-electron chi connectivity index (χ0n) is 11.3. The molecule has 1 heterocycles. The molecule has 3 aromatic rings. The van der Waals surface area contributed by atoms with Gasteiger partial charge in [-0.05, 0) is 18.2 Å². The zero-order chi connectivity index (χ0) is 16.8. The monoisotopic (exact) mass is 341 g/mol. The molecule has 0 saturated carbocycles. The maximum absolute atomic E-state index is 14.0. The molecule has 23 heavy (non-hydrogen) atoms. The van der Waals surface area contributed by atoms with Crippen LogP contribution in [0.2, 0.25) is 5.02 Å². The normalized spacial score (nSPS) is 11.9. The lowest BCUT2D eigenvalue weighted by Crippen LogP contribution is -2.07. The van der Waals surface area contributed by atoms with E-state index in [2.05, 4.69) is 4.98 Å². The number of fused-ring (bicyclic) bond motifs is 1. The Bertz CT molecular complexity index is 914. The molecule has 2 aromatic carbocycles. The Morgan fingerprint density at radius 1 is 1.13 bits per heavy atom. The maximum atomic E-state index is 14.0. The first-order valence-electron chi connectivity index (χ1n) is 6.45. The Labute approximate surface area is 132 Å². The molecule has 118 valence electrons. The molecule has 0 spiro atoms. The largest absolute Gasteiger partial charge is 0.417 e. The Morgan fingerprint density at radius 2 is 1.83 bits per heavy atom. The van der Waals surface area contributed by atoms with Crippen molar-refractivity contribution >= 4 is 28.8 Å². The van der Waals surface area contributed by atoms with Crippen molar-refractivity contribution in [2.75, 3.05) is 0 Å². The van der Waals surface area contributed by atoms with Crippen molar-refractivity contribution in [1.82, 2.24) is 4.98 Å². The summed E-state index contributed by atoms with van der Waals surface area (Å²) in [6.45, 7) is 0. The lowest BCUT2D eigenvalue weighted by atomic mass is 10.0. The quantitative estimate of drug-likeness (QED) is 0.487. The van der Waals surface area contributed by atoms with Crippen LogP contribution in [0, 0.1) is 5.82 Å². The van der Waals surface area contributed by atoms with E-state index in [9.17, 15) is 22.4 Å². The van der Waals surface area contributed by atoms with Gasteiger partial charge in [-0.1, -0.05) is 29.8 Å². The molecule has 0 radical (unpaired) electrons. The molecular formula is C16H8ClF4NO. The number of benzene rings is 2. The summed E-state index contributed by atoms with van der Waals surface area (Å²) in [6.07, 6.45) is -4.22. The molecule has 0 aliphatic carbocycles. The Balaban J connectivity index is 2.39. The van der Waals surface area contributed by atoms with Crippen LogP contribution in [0.5, 0.6) is 0 Å². The molecule has 0 unspecified atom stereocenters. The van der Waals surface area contributed by atoms with Crippen molar-refractivity contribution in [1.29, 1.82) is 0 Å². The number of hydrogen-bond acceptors (Lipinski definition) is 1. The number of aromatic amines is 1. The van der Waals surface area contributed by atoms with Crippen molar-refractivity contribution < 1.29 is 22.4 Å². The number of carbonyl (C=O) groups is 1. The van der Waals surface area contributed by atoms with E-state index in [0.29, 0.717) is 6.29 Å². The third-order valence-electron chi connectivity index (χ3n) is 3.48. The zero-order valence-corrected chi connectivity index (χ0v) is 12.1. The number of aromatic nitrogens is 1. The van der Waals surface area contributed by atoms with Crippen LogP contribution >= 0.6 is 11.6 Å². The molecule has 0 aliphatic rings. The summed E-state index contributed by atoms with van der Waals surface area (Å²) in [5.74, 6) is -0.744. The highest BCUT2D eigenvalue weighted by molar-refractivity contribution is 6.31. The highest BCUT2D eigenvalue weighted by Gasteiger charge is 2.34. The van der Waals surface area contributed by atoms with Gasteiger partial charge in [0.1, 0.15) is 5.82 Å². The minimum Gasteiger partial charge on any atom is -0.352 e. The first-order chi connectivity index (χ1) is 10.8. The number of rotatable bonds is 2. The predicted molar refractivity (Wildman–Crippen MR) is 79.1 cm³/mol. The SMILES string of the molecule is O=Cc1c(-c2ccccc2C(F)(F)F)[nH]c2c(F)cc(Cl)cc12. The van der Waals surface area contributed by atoms with Crippen LogP contribution < -0.4 is 0 Å². The van der Waals surface area contributed by atoms with Gasteiger partial charge in [0.05, 0.1) is 16.8 Å². The number of halogens is 5. The molecular weight excluding hydrogens is 334 g/mol. The van der Waals surface area contributed by atoms with E-state index in [-0.39, 0.29) is 32.7 Å². The number of carbonyl (C=O) groups excluding carboxylic acids is 1. The first kappa shape index (κ1) is 15.6. The van der Waals surface area contributed by atoms with Gasteiger partial charge < -0.3 is 4.98 Å². The molecule has 1 N–H and O–H groups in total. The lowest BCUT2D eigenvalue weighted by molar-refractivity contribution is -0.137. The number of aldehydes is 1. The molecule has 0 fully saturated rings. The highest BCUT2D eigenvalue weighted by atomic mass is 35.5. The van der Waals surface area contributed by atoms with Crippen molar-refractivity contribution in [3.05, 3.63) is 58.4 Å². The predicted octanol–water partition coefficient (Wildman–Crippen LogP) is 5.46. The molecule has 3 rings (SSSR count). The van der Waals surface area contributed by atoms with Gasteiger partial charge in [0.15, 0.2) is 6.29 Å². The fraction of sp³-hybridized carbons (Fsp3) is 0.0625. The lowest BCUT2D eigenvalue weighted by Gasteiger charge is -2.12. The average Bonchev–Trinajstić information content (AvgIpc) is 2.85. The minimum absolute atomic E-state index is 0.0488. The van der Waals surface area contributed by atoms with Crippen molar-refractivity contribution in [2.24, 2.45) is 0 Å². The smallest absolute Gasteiger partial charge is 0.352 e. The number of H-pyrrole nitrogens is 1. The van der Waals surface area contributed by atoms with Gasteiger partial charge in [0.2, 0.25) is 0 Å². The van der Waals surface area contributed by atoms with Crippen molar-refractivity contribution in [2.45, 2.75) is 6.18 Å². The van der Waals surface area contributed by atoms with Crippen LogP contribution in [-0.2, 0) is 6.18 Å². The van der Waals surface area contributed by atoms with Crippen LogP contribution in [0.4, 0.5) is 17.6 Å². The molecule has 7 heteroatoms. The second kappa shape index (κ2) is 5.38. The van der Waals surface area contributed by atoms with E-state index in [1.54, 1.807) is 0 Å². The molecule has 0 saturated heterocycles. The van der Waals surface area contributed by atoms with Gasteiger partial charge in [-0.25, -0.2) is 4.39 Å². The fourth-order valence-corrected chi connectivity index (χ4v) is 2.73.